The first kappa shape index (κ1) is 17.3. The predicted octanol–water partition coefficient (Wildman–Crippen LogP) is 1.47. The number of thioether (sulfide) groups is 1. The third kappa shape index (κ3) is 5.65. The second-order valence-corrected chi connectivity index (χ2v) is 5.58. The molecule has 0 spiro atoms. The maximum absolute atomic E-state index is 12.3. The van der Waals surface area contributed by atoms with E-state index in [1.54, 1.807) is 43.0 Å². The Bertz CT molecular complexity index is 494. The van der Waals surface area contributed by atoms with Gasteiger partial charge < -0.3 is 21.5 Å². The Labute approximate surface area is 128 Å². The maximum atomic E-state index is 12.3. The topological polar surface area (TPSA) is 104 Å². The summed E-state index contributed by atoms with van der Waals surface area (Å²) in [6, 6.07) is 5.55. The molecule has 1 rings (SSSR count). The SMILES string of the molecule is CSCCC(NC(N)=O)C(=O)Nc1ccccc1C(C)O. The zero-order valence-corrected chi connectivity index (χ0v) is 12.9. The number of aliphatic hydroxyl groups excluding tert-OH is 1. The molecule has 0 radical (unpaired) electrons. The van der Waals surface area contributed by atoms with Crippen LogP contribution in [0.25, 0.3) is 0 Å². The number of nitrogens with one attached hydrogen (secondary N) is 2. The van der Waals surface area contributed by atoms with Crippen molar-refractivity contribution in [1.82, 2.24) is 5.32 Å². The number of carbonyl (C=O) groups excluding carboxylic acids is 2. The second kappa shape index (κ2) is 8.53. The molecule has 0 saturated carbocycles. The maximum Gasteiger partial charge on any atom is 0.312 e. The van der Waals surface area contributed by atoms with E-state index in [-0.39, 0.29) is 5.91 Å². The molecular formula is C14H21N3O3S. The fourth-order valence-electron chi connectivity index (χ4n) is 1.87. The van der Waals surface area contributed by atoms with Gasteiger partial charge in [-0.2, -0.15) is 11.8 Å². The van der Waals surface area contributed by atoms with E-state index in [4.69, 9.17) is 5.73 Å². The van der Waals surface area contributed by atoms with Crippen molar-refractivity contribution in [1.29, 1.82) is 0 Å². The van der Waals surface area contributed by atoms with Crippen LogP contribution in [0.4, 0.5) is 10.5 Å². The lowest BCUT2D eigenvalue weighted by Crippen LogP contribution is -2.46. The monoisotopic (exact) mass is 311 g/mol. The van der Waals surface area contributed by atoms with Crippen LogP contribution >= 0.6 is 11.8 Å². The van der Waals surface area contributed by atoms with Crippen LogP contribution in [0.1, 0.15) is 25.0 Å². The molecule has 0 bridgehead atoms. The van der Waals surface area contributed by atoms with Gasteiger partial charge in [0.25, 0.3) is 0 Å². The van der Waals surface area contributed by atoms with Crippen LogP contribution in [0.5, 0.6) is 0 Å². The summed E-state index contributed by atoms with van der Waals surface area (Å²) in [5.74, 6) is 0.368. The van der Waals surface area contributed by atoms with Gasteiger partial charge in [0.15, 0.2) is 0 Å². The number of rotatable bonds is 7. The predicted molar refractivity (Wildman–Crippen MR) is 85.2 cm³/mol. The summed E-state index contributed by atoms with van der Waals surface area (Å²) in [4.78, 5) is 23.2. The largest absolute Gasteiger partial charge is 0.389 e. The van der Waals surface area contributed by atoms with Crippen molar-refractivity contribution in [3.63, 3.8) is 0 Å². The molecule has 0 saturated heterocycles. The van der Waals surface area contributed by atoms with Gasteiger partial charge in [0, 0.05) is 11.3 Å². The van der Waals surface area contributed by atoms with Gasteiger partial charge in [0.1, 0.15) is 6.04 Å². The first-order chi connectivity index (χ1) is 9.95. The minimum absolute atomic E-state index is 0.351. The molecular weight excluding hydrogens is 290 g/mol. The number of hydrogen-bond acceptors (Lipinski definition) is 4. The van der Waals surface area contributed by atoms with E-state index in [0.717, 1.165) is 5.75 Å². The van der Waals surface area contributed by atoms with Crippen molar-refractivity contribution >= 4 is 29.4 Å². The van der Waals surface area contributed by atoms with Gasteiger partial charge in [-0.25, -0.2) is 4.79 Å². The van der Waals surface area contributed by atoms with E-state index < -0.39 is 18.2 Å². The Balaban J connectivity index is 2.83. The zero-order valence-electron chi connectivity index (χ0n) is 12.1. The molecule has 1 aromatic rings. The van der Waals surface area contributed by atoms with Gasteiger partial charge in [-0.3, -0.25) is 4.79 Å². The van der Waals surface area contributed by atoms with E-state index in [9.17, 15) is 14.7 Å². The number of anilines is 1. The van der Waals surface area contributed by atoms with E-state index in [2.05, 4.69) is 10.6 Å². The number of urea groups is 1. The third-order valence-electron chi connectivity index (χ3n) is 2.91. The Hall–Kier alpha value is -1.73. The van der Waals surface area contributed by atoms with Crippen molar-refractivity contribution in [2.75, 3.05) is 17.3 Å². The number of para-hydroxylation sites is 1. The summed E-state index contributed by atoms with van der Waals surface area (Å²) in [6.45, 7) is 1.62. The molecule has 1 aromatic carbocycles. The number of carbonyl (C=O) groups is 2. The van der Waals surface area contributed by atoms with Crippen molar-refractivity contribution in [3.05, 3.63) is 29.8 Å². The fourth-order valence-corrected chi connectivity index (χ4v) is 2.34. The Morgan fingerprint density at radius 2 is 2.05 bits per heavy atom. The molecule has 0 heterocycles. The average Bonchev–Trinajstić information content (AvgIpc) is 2.43. The van der Waals surface area contributed by atoms with Crippen molar-refractivity contribution in [3.8, 4) is 0 Å². The summed E-state index contributed by atoms with van der Waals surface area (Å²) in [7, 11) is 0. The molecule has 5 N–H and O–H groups in total. The van der Waals surface area contributed by atoms with Gasteiger partial charge >= 0.3 is 6.03 Å². The Morgan fingerprint density at radius 1 is 1.38 bits per heavy atom. The van der Waals surface area contributed by atoms with Crippen LogP contribution in [0.15, 0.2) is 24.3 Å². The number of aliphatic hydroxyl groups is 1. The number of amides is 3. The van der Waals surface area contributed by atoms with E-state index >= 15 is 0 Å². The van der Waals surface area contributed by atoms with Crippen LogP contribution < -0.4 is 16.4 Å². The number of nitrogens with two attached hydrogens (primary N) is 1. The van der Waals surface area contributed by atoms with Crippen molar-refractivity contribution in [2.24, 2.45) is 5.73 Å². The van der Waals surface area contributed by atoms with Crippen molar-refractivity contribution in [2.45, 2.75) is 25.5 Å². The highest BCUT2D eigenvalue weighted by Gasteiger charge is 2.20. The van der Waals surface area contributed by atoms with Gasteiger partial charge in [0.05, 0.1) is 6.10 Å². The third-order valence-corrected chi connectivity index (χ3v) is 3.56. The van der Waals surface area contributed by atoms with Crippen LogP contribution in [-0.2, 0) is 4.79 Å². The summed E-state index contributed by atoms with van der Waals surface area (Å²) in [6.07, 6.45) is 1.70. The smallest absolute Gasteiger partial charge is 0.312 e. The highest BCUT2D eigenvalue weighted by molar-refractivity contribution is 7.98. The Morgan fingerprint density at radius 3 is 2.62 bits per heavy atom. The first-order valence-corrected chi connectivity index (χ1v) is 7.97. The zero-order chi connectivity index (χ0) is 15.8. The molecule has 2 atom stereocenters. The minimum atomic E-state index is -0.736. The summed E-state index contributed by atoms with van der Waals surface area (Å²) in [5, 5.41) is 14.9. The lowest BCUT2D eigenvalue weighted by Gasteiger charge is -2.19. The van der Waals surface area contributed by atoms with Gasteiger partial charge in [0.2, 0.25) is 5.91 Å². The molecule has 116 valence electrons. The number of primary amides is 1. The number of hydrogen-bond donors (Lipinski definition) is 4. The molecule has 21 heavy (non-hydrogen) atoms. The number of benzene rings is 1. The molecule has 0 aromatic heterocycles. The molecule has 6 nitrogen and oxygen atoms in total. The molecule has 0 fully saturated rings. The summed E-state index contributed by atoms with van der Waals surface area (Å²) >= 11 is 1.58. The van der Waals surface area contributed by atoms with Gasteiger partial charge in [-0.15, -0.1) is 0 Å². The standard InChI is InChI=1S/C14H21N3O3S/c1-9(18)10-5-3-4-6-11(10)16-13(19)12(7-8-21-2)17-14(15)20/h3-6,9,12,18H,7-8H2,1-2H3,(H,16,19)(H3,15,17,20). The van der Waals surface area contributed by atoms with E-state index in [1.807, 2.05) is 6.26 Å². The molecule has 0 aliphatic heterocycles. The molecule has 3 amide bonds. The van der Waals surface area contributed by atoms with Gasteiger partial charge in [-0.05, 0) is 31.4 Å². The highest BCUT2D eigenvalue weighted by atomic mass is 32.2. The minimum Gasteiger partial charge on any atom is -0.389 e. The lowest BCUT2D eigenvalue weighted by atomic mass is 10.1. The summed E-state index contributed by atoms with van der Waals surface area (Å²) < 4.78 is 0. The molecule has 7 heteroatoms. The van der Waals surface area contributed by atoms with Gasteiger partial charge in [-0.1, -0.05) is 18.2 Å². The lowest BCUT2D eigenvalue weighted by molar-refractivity contribution is -0.117. The first-order valence-electron chi connectivity index (χ1n) is 6.58. The van der Waals surface area contributed by atoms with E-state index in [0.29, 0.717) is 17.7 Å². The molecule has 0 aliphatic rings. The fraction of sp³-hybridized carbons (Fsp3) is 0.429. The van der Waals surface area contributed by atoms with Crippen LogP contribution in [-0.4, -0.2) is 35.1 Å². The quantitative estimate of drug-likeness (QED) is 0.612. The van der Waals surface area contributed by atoms with Crippen molar-refractivity contribution < 1.29 is 14.7 Å². The average molecular weight is 311 g/mol. The molecule has 2 unspecified atom stereocenters. The Kier molecular flexibility index (Phi) is 7.04. The van der Waals surface area contributed by atoms with Crippen LogP contribution in [0.2, 0.25) is 0 Å². The van der Waals surface area contributed by atoms with Crippen LogP contribution in [0, 0.1) is 0 Å². The highest BCUT2D eigenvalue weighted by Crippen LogP contribution is 2.22. The normalized spacial score (nSPS) is 13.3. The molecule has 0 aliphatic carbocycles. The van der Waals surface area contributed by atoms with E-state index in [1.165, 1.54) is 0 Å². The summed E-state index contributed by atoms with van der Waals surface area (Å²) in [5.41, 5.74) is 6.24. The second-order valence-electron chi connectivity index (χ2n) is 4.60. The van der Waals surface area contributed by atoms with Crippen LogP contribution in [0.3, 0.4) is 0 Å².